The third kappa shape index (κ3) is 0.969. The molecule has 0 radical (unpaired) electrons. The van der Waals surface area contributed by atoms with Crippen molar-refractivity contribution in [2.75, 3.05) is 6.61 Å². The van der Waals surface area contributed by atoms with Crippen molar-refractivity contribution >= 4 is 0 Å². The normalized spacial score (nSPS) is 56.5. The molecule has 5 heteroatoms. The number of ether oxygens (including phenoxy) is 2. The first-order valence-electron chi connectivity index (χ1n) is 3.51. The van der Waals surface area contributed by atoms with Crippen LogP contribution in [0.15, 0.2) is 0 Å². The monoisotopic (exact) mass is 165 g/mol. The summed E-state index contributed by atoms with van der Waals surface area (Å²) in [6, 6.07) is 0. The molecular formula is C6H10O5. The molecule has 64 valence electrons. The van der Waals surface area contributed by atoms with Gasteiger partial charge in [-0.1, -0.05) is 0 Å². The zero-order valence-electron chi connectivity index (χ0n) is 5.75. The summed E-state index contributed by atoms with van der Waals surface area (Å²) >= 11 is 0. The minimum absolute atomic E-state index is 0.236. The Morgan fingerprint density at radius 2 is 1.73 bits per heavy atom. The van der Waals surface area contributed by atoms with E-state index in [0.717, 1.165) is 0 Å². The predicted molar refractivity (Wildman–Crippen MR) is 32.6 cm³/mol. The van der Waals surface area contributed by atoms with Crippen LogP contribution in [0.1, 0.15) is 0 Å². The van der Waals surface area contributed by atoms with E-state index in [9.17, 15) is 10.2 Å². The second-order valence-electron chi connectivity index (χ2n) is 2.85. The van der Waals surface area contributed by atoms with Crippen molar-refractivity contribution in [3.8, 4) is 0 Å². The van der Waals surface area contributed by atoms with Gasteiger partial charge in [0, 0.05) is 0 Å². The van der Waals surface area contributed by atoms with E-state index in [0.29, 0.717) is 0 Å². The average molecular weight is 165 g/mol. The van der Waals surface area contributed by atoms with Crippen LogP contribution in [0, 0.1) is 0 Å². The standard InChI is InChI=1S/C6H10O5/c7-3-2-1-10-6(11-2)5(9)4(3)8/h2-9H,1H2/t2?,3-,4-,5?,6-/m1/s1/i4+1,5+1,6+1. The Bertz CT molecular complexity index is 141. The maximum absolute atomic E-state index is 9.22. The van der Waals surface area contributed by atoms with Crippen molar-refractivity contribution in [2.45, 2.75) is 30.7 Å². The highest BCUT2D eigenvalue weighted by molar-refractivity contribution is 4.92. The summed E-state index contributed by atoms with van der Waals surface area (Å²) < 4.78 is 9.95. The van der Waals surface area contributed by atoms with Gasteiger partial charge in [0.15, 0.2) is 6.29 Å². The molecule has 2 bridgehead atoms. The fourth-order valence-corrected chi connectivity index (χ4v) is 1.38. The maximum atomic E-state index is 9.22. The minimum atomic E-state index is -1.15. The Kier molecular flexibility index (Phi) is 1.62. The molecule has 0 aromatic carbocycles. The summed E-state index contributed by atoms with van der Waals surface area (Å²) in [5.41, 5.74) is 0. The van der Waals surface area contributed by atoms with Crippen LogP contribution >= 0.6 is 0 Å². The highest BCUT2D eigenvalue weighted by atomic mass is 16.9. The lowest BCUT2D eigenvalue weighted by molar-refractivity contribution is -0.228. The molecule has 0 saturated carbocycles. The third-order valence-corrected chi connectivity index (χ3v) is 2.09. The second kappa shape index (κ2) is 2.40. The molecule has 2 fully saturated rings. The Hall–Kier alpha value is -0.200. The third-order valence-electron chi connectivity index (χ3n) is 2.09. The smallest absolute Gasteiger partial charge is 0.186 e. The summed E-state index contributed by atoms with van der Waals surface area (Å²) in [5.74, 6) is 0. The Morgan fingerprint density at radius 3 is 2.45 bits per heavy atom. The van der Waals surface area contributed by atoms with Crippen molar-refractivity contribution in [2.24, 2.45) is 0 Å². The summed E-state index contributed by atoms with van der Waals surface area (Å²) in [4.78, 5) is 0. The van der Waals surface area contributed by atoms with Gasteiger partial charge in [-0.2, -0.15) is 0 Å². The number of aliphatic hydroxyl groups is 3. The lowest BCUT2D eigenvalue weighted by Crippen LogP contribution is -2.53. The topological polar surface area (TPSA) is 79.2 Å². The zero-order chi connectivity index (χ0) is 8.01. The van der Waals surface area contributed by atoms with Gasteiger partial charge in [0.25, 0.3) is 0 Å². The molecule has 11 heavy (non-hydrogen) atoms. The van der Waals surface area contributed by atoms with Gasteiger partial charge in [0.2, 0.25) is 0 Å². The lowest BCUT2D eigenvalue weighted by atomic mass is 10.3. The molecule has 2 unspecified atom stereocenters. The van der Waals surface area contributed by atoms with E-state index in [1.54, 1.807) is 0 Å². The van der Waals surface area contributed by atoms with E-state index < -0.39 is 30.7 Å². The molecule has 2 aliphatic heterocycles. The van der Waals surface area contributed by atoms with Crippen LogP contribution in [0.25, 0.3) is 0 Å². The lowest BCUT2D eigenvalue weighted by Gasteiger charge is -2.32. The molecule has 5 nitrogen and oxygen atoms in total. The van der Waals surface area contributed by atoms with Crippen LogP contribution in [-0.2, 0) is 9.47 Å². The molecule has 0 amide bonds. The first kappa shape index (κ1) is 7.45. The van der Waals surface area contributed by atoms with E-state index in [1.807, 2.05) is 0 Å². The van der Waals surface area contributed by atoms with E-state index in [-0.39, 0.29) is 6.61 Å². The van der Waals surface area contributed by atoms with Crippen LogP contribution in [0.2, 0.25) is 0 Å². The Balaban J connectivity index is 2.16. The van der Waals surface area contributed by atoms with E-state index >= 15 is 0 Å². The van der Waals surface area contributed by atoms with Gasteiger partial charge in [0.05, 0.1) is 6.61 Å². The molecule has 2 aliphatic rings. The van der Waals surface area contributed by atoms with E-state index in [1.165, 1.54) is 0 Å². The largest absolute Gasteiger partial charge is 0.387 e. The molecule has 3 N–H and O–H groups in total. The predicted octanol–water partition coefficient (Wildman–Crippen LogP) is -2.18. The molecule has 0 spiro atoms. The number of hydrogen-bond acceptors (Lipinski definition) is 5. The Morgan fingerprint density at radius 1 is 1.00 bits per heavy atom. The van der Waals surface area contributed by atoms with Crippen LogP contribution in [0.3, 0.4) is 0 Å². The molecule has 5 atom stereocenters. The van der Waals surface area contributed by atoms with Gasteiger partial charge in [0.1, 0.15) is 24.4 Å². The maximum Gasteiger partial charge on any atom is 0.186 e. The van der Waals surface area contributed by atoms with Gasteiger partial charge in [-0.25, -0.2) is 0 Å². The molecule has 2 saturated heterocycles. The SMILES string of the molecule is O[C@@H]1C2CO[13C@H](O2)[13CH](O)[13C@@H]1O. The fourth-order valence-electron chi connectivity index (χ4n) is 1.38. The summed E-state index contributed by atoms with van der Waals surface area (Å²) in [7, 11) is 0. The number of aliphatic hydroxyl groups excluding tert-OH is 3. The van der Waals surface area contributed by atoms with Crippen LogP contribution in [-0.4, -0.2) is 52.6 Å². The van der Waals surface area contributed by atoms with E-state index in [2.05, 4.69) is 0 Å². The number of rotatable bonds is 0. The van der Waals surface area contributed by atoms with Crippen molar-refractivity contribution < 1.29 is 24.8 Å². The fraction of sp³-hybridized carbons (Fsp3) is 1.00. The number of hydrogen-bond donors (Lipinski definition) is 3. The van der Waals surface area contributed by atoms with Crippen molar-refractivity contribution in [3.63, 3.8) is 0 Å². The molecule has 2 rings (SSSR count). The first-order valence-corrected chi connectivity index (χ1v) is 3.51. The summed E-state index contributed by atoms with van der Waals surface area (Å²) in [6.07, 6.45) is -4.58. The molecule has 0 aliphatic carbocycles. The van der Waals surface area contributed by atoms with Crippen molar-refractivity contribution in [1.82, 2.24) is 0 Å². The molecular weight excluding hydrogens is 155 g/mol. The van der Waals surface area contributed by atoms with Crippen LogP contribution in [0.5, 0.6) is 0 Å². The van der Waals surface area contributed by atoms with Crippen molar-refractivity contribution in [3.05, 3.63) is 0 Å². The summed E-state index contributed by atoms with van der Waals surface area (Å²) in [5, 5.41) is 27.6. The van der Waals surface area contributed by atoms with Gasteiger partial charge in [-0.05, 0) is 0 Å². The van der Waals surface area contributed by atoms with E-state index in [4.69, 9.17) is 14.6 Å². The Labute approximate surface area is 63.2 Å². The second-order valence-corrected chi connectivity index (χ2v) is 2.85. The van der Waals surface area contributed by atoms with Gasteiger partial charge in [-0.15, -0.1) is 0 Å². The van der Waals surface area contributed by atoms with Crippen LogP contribution in [0.4, 0.5) is 0 Å². The average Bonchev–Trinajstić information content (AvgIpc) is 2.44. The quantitative estimate of drug-likeness (QED) is 0.356. The molecule has 0 aromatic rings. The van der Waals surface area contributed by atoms with Gasteiger partial charge < -0.3 is 24.8 Å². The van der Waals surface area contributed by atoms with Crippen molar-refractivity contribution in [1.29, 1.82) is 0 Å². The first-order chi connectivity index (χ1) is 5.20. The highest BCUT2D eigenvalue weighted by Gasteiger charge is 2.48. The van der Waals surface area contributed by atoms with Gasteiger partial charge >= 0.3 is 0 Å². The van der Waals surface area contributed by atoms with Crippen LogP contribution < -0.4 is 0 Å². The molecule has 2 heterocycles. The zero-order valence-corrected chi connectivity index (χ0v) is 5.75. The number of fused-ring (bicyclic) bond motifs is 2. The highest BCUT2D eigenvalue weighted by Crippen LogP contribution is 2.27. The minimum Gasteiger partial charge on any atom is -0.387 e. The van der Waals surface area contributed by atoms with Gasteiger partial charge in [-0.3, -0.25) is 0 Å². The molecule has 0 aromatic heterocycles. The summed E-state index contributed by atoms with van der Waals surface area (Å²) in [6.45, 7) is 0.236.